The van der Waals surface area contributed by atoms with Crippen molar-refractivity contribution in [3.05, 3.63) is 83.4 Å². The molecular formula is C24H22N2O2S. The van der Waals surface area contributed by atoms with Crippen molar-refractivity contribution in [3.63, 3.8) is 0 Å². The summed E-state index contributed by atoms with van der Waals surface area (Å²) in [5.41, 5.74) is 7.73. The van der Waals surface area contributed by atoms with Gasteiger partial charge in [-0.05, 0) is 65.4 Å². The lowest BCUT2D eigenvalue weighted by atomic mass is 10.1. The van der Waals surface area contributed by atoms with E-state index in [2.05, 4.69) is 41.0 Å². The van der Waals surface area contributed by atoms with Crippen molar-refractivity contribution >= 4 is 35.0 Å². The predicted molar refractivity (Wildman–Crippen MR) is 120 cm³/mol. The van der Waals surface area contributed by atoms with Crippen molar-refractivity contribution in [1.29, 1.82) is 0 Å². The first kappa shape index (κ1) is 19.3. The van der Waals surface area contributed by atoms with Gasteiger partial charge in [0.05, 0.1) is 11.5 Å². The minimum absolute atomic E-state index is 0.103. The van der Waals surface area contributed by atoms with E-state index in [9.17, 15) is 9.59 Å². The van der Waals surface area contributed by atoms with E-state index in [1.54, 1.807) is 0 Å². The van der Waals surface area contributed by atoms with Gasteiger partial charge in [-0.1, -0.05) is 42.5 Å². The number of amides is 2. The number of fused-ring (bicyclic) bond motifs is 3. The molecule has 3 aromatic carbocycles. The standard InChI is InChI=1S/C24H22N2O2S/c1-16-5-4-7-19(11-16)25-23(27)14-29-15-24(28)26-20-9-10-22-18(13-20)12-17-6-2-3-8-21(17)22/h2-11,13H,12,14-15H2,1H3,(H,25,27)(H,26,28). The molecule has 0 saturated heterocycles. The van der Waals surface area contributed by atoms with E-state index in [4.69, 9.17) is 0 Å². The van der Waals surface area contributed by atoms with Crippen LogP contribution >= 0.6 is 11.8 Å². The Morgan fingerprint density at radius 1 is 0.793 bits per heavy atom. The zero-order chi connectivity index (χ0) is 20.2. The molecule has 1 aliphatic carbocycles. The van der Waals surface area contributed by atoms with Gasteiger partial charge in [0.25, 0.3) is 0 Å². The van der Waals surface area contributed by atoms with Crippen LogP contribution in [-0.2, 0) is 16.0 Å². The average molecular weight is 403 g/mol. The van der Waals surface area contributed by atoms with Crippen molar-refractivity contribution in [2.45, 2.75) is 13.3 Å². The summed E-state index contributed by atoms with van der Waals surface area (Å²) in [7, 11) is 0. The monoisotopic (exact) mass is 402 g/mol. The first-order chi connectivity index (χ1) is 14.1. The third-order valence-corrected chi connectivity index (χ3v) is 5.78. The van der Waals surface area contributed by atoms with Crippen molar-refractivity contribution in [1.82, 2.24) is 0 Å². The molecule has 0 radical (unpaired) electrons. The number of nitrogens with one attached hydrogen (secondary N) is 2. The van der Waals surface area contributed by atoms with Crippen molar-refractivity contribution in [2.75, 3.05) is 22.1 Å². The van der Waals surface area contributed by atoms with Crippen molar-refractivity contribution < 1.29 is 9.59 Å². The highest BCUT2D eigenvalue weighted by molar-refractivity contribution is 8.00. The zero-order valence-electron chi connectivity index (χ0n) is 16.2. The van der Waals surface area contributed by atoms with Gasteiger partial charge in [0, 0.05) is 11.4 Å². The molecule has 3 aromatic rings. The minimum Gasteiger partial charge on any atom is -0.325 e. The van der Waals surface area contributed by atoms with Crippen molar-refractivity contribution in [2.24, 2.45) is 0 Å². The highest BCUT2D eigenvalue weighted by atomic mass is 32.2. The maximum absolute atomic E-state index is 12.3. The molecule has 0 atom stereocenters. The second-order valence-corrected chi connectivity index (χ2v) is 8.15. The maximum Gasteiger partial charge on any atom is 0.234 e. The van der Waals surface area contributed by atoms with Crippen LogP contribution in [0.1, 0.15) is 16.7 Å². The highest BCUT2D eigenvalue weighted by Crippen LogP contribution is 2.37. The van der Waals surface area contributed by atoms with E-state index >= 15 is 0 Å². The van der Waals surface area contributed by atoms with Gasteiger partial charge in [-0.3, -0.25) is 9.59 Å². The fraction of sp³-hybridized carbons (Fsp3) is 0.167. The van der Waals surface area contributed by atoms with Crippen LogP contribution in [0.15, 0.2) is 66.7 Å². The summed E-state index contributed by atoms with van der Waals surface area (Å²) in [5, 5.41) is 5.79. The van der Waals surface area contributed by atoms with Gasteiger partial charge in [0.1, 0.15) is 0 Å². The Morgan fingerprint density at radius 2 is 1.48 bits per heavy atom. The van der Waals surface area contributed by atoms with E-state index in [1.165, 1.54) is 34.0 Å². The summed E-state index contributed by atoms with van der Waals surface area (Å²) in [6.07, 6.45) is 0.892. The lowest BCUT2D eigenvalue weighted by molar-refractivity contribution is -0.114. The molecule has 29 heavy (non-hydrogen) atoms. The molecule has 0 fully saturated rings. The fourth-order valence-electron chi connectivity index (χ4n) is 3.58. The zero-order valence-corrected chi connectivity index (χ0v) is 17.0. The number of hydrogen-bond donors (Lipinski definition) is 2. The Bertz CT molecular complexity index is 1080. The van der Waals surface area contributed by atoms with Crippen LogP contribution in [0.4, 0.5) is 11.4 Å². The Balaban J connectivity index is 1.26. The van der Waals surface area contributed by atoms with Crippen LogP contribution in [0.3, 0.4) is 0 Å². The third kappa shape index (κ3) is 4.69. The lowest BCUT2D eigenvalue weighted by Gasteiger charge is -2.08. The molecule has 0 bridgehead atoms. The molecule has 146 valence electrons. The molecule has 0 saturated carbocycles. The van der Waals surface area contributed by atoms with E-state index in [0.29, 0.717) is 0 Å². The second-order valence-electron chi connectivity index (χ2n) is 7.16. The van der Waals surface area contributed by atoms with Crippen LogP contribution in [0, 0.1) is 6.92 Å². The van der Waals surface area contributed by atoms with Crippen molar-refractivity contribution in [3.8, 4) is 11.1 Å². The number of rotatable bonds is 6. The second kappa shape index (κ2) is 8.53. The van der Waals surface area contributed by atoms with Gasteiger partial charge in [0.2, 0.25) is 11.8 Å². The van der Waals surface area contributed by atoms with E-state index in [1.807, 2.05) is 43.3 Å². The van der Waals surface area contributed by atoms with Crippen LogP contribution in [0.5, 0.6) is 0 Å². The topological polar surface area (TPSA) is 58.2 Å². The molecule has 2 amide bonds. The summed E-state index contributed by atoms with van der Waals surface area (Å²) in [6, 6.07) is 22.1. The summed E-state index contributed by atoms with van der Waals surface area (Å²) in [6.45, 7) is 1.98. The molecule has 0 spiro atoms. The van der Waals surface area contributed by atoms with Gasteiger partial charge < -0.3 is 10.6 Å². The molecule has 0 aliphatic heterocycles. The van der Waals surface area contributed by atoms with E-state index in [-0.39, 0.29) is 23.3 Å². The quantitative estimate of drug-likeness (QED) is 0.483. The molecule has 0 unspecified atom stereocenters. The molecule has 4 nitrogen and oxygen atoms in total. The lowest BCUT2D eigenvalue weighted by Crippen LogP contribution is -2.18. The minimum atomic E-state index is -0.108. The maximum atomic E-state index is 12.3. The molecule has 5 heteroatoms. The first-order valence-corrected chi connectivity index (χ1v) is 10.7. The first-order valence-electron chi connectivity index (χ1n) is 9.54. The SMILES string of the molecule is Cc1cccc(NC(=O)CSCC(=O)Nc2ccc3c(c2)Cc2ccccc2-3)c1. The summed E-state index contributed by atoms with van der Waals surface area (Å²) < 4.78 is 0. The number of benzene rings is 3. The molecule has 0 heterocycles. The highest BCUT2D eigenvalue weighted by Gasteiger charge is 2.18. The Morgan fingerprint density at radius 3 is 2.24 bits per heavy atom. The van der Waals surface area contributed by atoms with Crippen LogP contribution in [0.2, 0.25) is 0 Å². The van der Waals surface area contributed by atoms with Crippen LogP contribution in [-0.4, -0.2) is 23.3 Å². The Hall–Kier alpha value is -3.05. The number of anilines is 2. The largest absolute Gasteiger partial charge is 0.325 e. The summed E-state index contributed by atoms with van der Waals surface area (Å²) >= 11 is 1.30. The molecular weight excluding hydrogens is 380 g/mol. The van der Waals surface area contributed by atoms with Crippen LogP contribution < -0.4 is 10.6 Å². The summed E-state index contributed by atoms with van der Waals surface area (Å²) in [5.74, 6) is 0.261. The number of carbonyl (C=O) groups is 2. The van der Waals surface area contributed by atoms with Gasteiger partial charge in [-0.2, -0.15) is 0 Å². The predicted octanol–water partition coefficient (Wildman–Crippen LogP) is 4.88. The molecule has 0 aromatic heterocycles. The summed E-state index contributed by atoms with van der Waals surface area (Å²) in [4.78, 5) is 24.3. The number of hydrogen-bond acceptors (Lipinski definition) is 3. The number of thioether (sulfide) groups is 1. The fourth-order valence-corrected chi connectivity index (χ4v) is 4.19. The van der Waals surface area contributed by atoms with Crippen LogP contribution in [0.25, 0.3) is 11.1 Å². The number of aryl methyl sites for hydroxylation is 1. The third-order valence-electron chi connectivity index (χ3n) is 4.85. The molecule has 1 aliphatic rings. The Kier molecular flexibility index (Phi) is 5.67. The average Bonchev–Trinajstić information content (AvgIpc) is 3.05. The van der Waals surface area contributed by atoms with Gasteiger partial charge in [-0.15, -0.1) is 11.8 Å². The van der Waals surface area contributed by atoms with Gasteiger partial charge in [0.15, 0.2) is 0 Å². The Labute approximate surface area is 174 Å². The van der Waals surface area contributed by atoms with Gasteiger partial charge >= 0.3 is 0 Å². The van der Waals surface area contributed by atoms with Gasteiger partial charge in [-0.25, -0.2) is 0 Å². The number of carbonyl (C=O) groups excluding carboxylic acids is 2. The smallest absolute Gasteiger partial charge is 0.234 e. The molecule has 2 N–H and O–H groups in total. The van der Waals surface area contributed by atoms with E-state index < -0.39 is 0 Å². The normalized spacial score (nSPS) is 11.5. The van der Waals surface area contributed by atoms with E-state index in [0.717, 1.165) is 23.4 Å². The molecule has 4 rings (SSSR count).